The minimum atomic E-state index is -0.728. The van der Waals surface area contributed by atoms with Gasteiger partial charge in [-0.3, -0.25) is 4.79 Å². The molecule has 1 aliphatic heterocycles. The molecule has 1 fully saturated rings. The van der Waals surface area contributed by atoms with Gasteiger partial charge in [0, 0.05) is 6.07 Å². The lowest BCUT2D eigenvalue weighted by molar-refractivity contribution is -0.116. The number of thioether (sulfide) groups is 1. The van der Waals surface area contributed by atoms with Gasteiger partial charge in [-0.25, -0.2) is 13.2 Å². The van der Waals surface area contributed by atoms with Crippen LogP contribution in [0.4, 0.5) is 13.2 Å². The van der Waals surface area contributed by atoms with Crippen LogP contribution in [0.1, 0.15) is 11.1 Å². The van der Waals surface area contributed by atoms with Crippen LogP contribution in [0, 0.1) is 17.5 Å². The Balaban J connectivity index is 1.63. The van der Waals surface area contributed by atoms with Crippen molar-refractivity contribution >= 4 is 29.1 Å². The van der Waals surface area contributed by atoms with E-state index in [1.54, 1.807) is 6.07 Å². The van der Waals surface area contributed by atoms with Crippen molar-refractivity contribution in [3.8, 4) is 5.75 Å². The predicted molar refractivity (Wildman–Crippen MR) is 92.7 cm³/mol. The fourth-order valence-electron chi connectivity index (χ4n) is 2.10. The third-order valence-corrected chi connectivity index (χ3v) is 4.08. The molecule has 0 aromatic heterocycles. The van der Waals surface area contributed by atoms with Crippen molar-refractivity contribution in [3.05, 3.63) is 65.0 Å². The first-order chi connectivity index (χ1) is 12.5. The number of carbonyl (C=O) groups is 1. The zero-order valence-electron chi connectivity index (χ0n) is 13.2. The van der Waals surface area contributed by atoms with Crippen LogP contribution in [0.15, 0.2) is 46.6 Å². The lowest BCUT2D eigenvalue weighted by Crippen LogP contribution is -2.19. The van der Waals surface area contributed by atoms with E-state index in [-0.39, 0.29) is 23.8 Å². The first-order valence-corrected chi connectivity index (χ1v) is 8.39. The Kier molecular flexibility index (Phi) is 5.57. The van der Waals surface area contributed by atoms with Gasteiger partial charge in [-0.15, -0.1) is 5.10 Å². The number of carbonyl (C=O) groups excluding carboxylic acids is 1. The standard InChI is InChI=1S/C17H12F3N3O2S/c18-12-3-11(4-13(19)6-12)8-25-15-2-1-10(5-14(15)20)7-21-23-17-22-16(24)9-26-17/h1-7H,8-9H2,(H,22,23,24). The molecule has 0 atom stereocenters. The molecule has 1 aliphatic rings. The van der Waals surface area contributed by atoms with E-state index in [0.29, 0.717) is 16.5 Å². The number of amides is 1. The van der Waals surface area contributed by atoms with E-state index in [4.69, 9.17) is 4.74 Å². The highest BCUT2D eigenvalue weighted by Gasteiger charge is 2.15. The molecule has 5 nitrogen and oxygen atoms in total. The summed E-state index contributed by atoms with van der Waals surface area (Å²) in [6, 6.07) is 7.09. The van der Waals surface area contributed by atoms with Crippen LogP contribution < -0.4 is 10.1 Å². The van der Waals surface area contributed by atoms with Crippen LogP contribution in [0.3, 0.4) is 0 Å². The third-order valence-electron chi connectivity index (χ3n) is 3.21. The van der Waals surface area contributed by atoms with Crippen molar-refractivity contribution in [2.45, 2.75) is 6.61 Å². The highest BCUT2D eigenvalue weighted by Crippen LogP contribution is 2.20. The summed E-state index contributed by atoms with van der Waals surface area (Å²) in [5, 5.41) is 10.5. The van der Waals surface area contributed by atoms with Gasteiger partial charge in [0.05, 0.1) is 12.0 Å². The number of nitrogens with zero attached hydrogens (tertiary/aromatic N) is 2. The van der Waals surface area contributed by atoms with E-state index in [1.807, 2.05) is 0 Å². The van der Waals surface area contributed by atoms with Crippen molar-refractivity contribution in [1.29, 1.82) is 0 Å². The lowest BCUT2D eigenvalue weighted by atomic mass is 10.2. The molecule has 0 bridgehead atoms. The molecule has 2 aromatic carbocycles. The minimum Gasteiger partial charge on any atom is -0.486 e. The van der Waals surface area contributed by atoms with E-state index in [9.17, 15) is 18.0 Å². The van der Waals surface area contributed by atoms with Crippen LogP contribution in [0.5, 0.6) is 5.75 Å². The van der Waals surface area contributed by atoms with Gasteiger partial charge in [0.1, 0.15) is 18.2 Å². The molecule has 0 unspecified atom stereocenters. The predicted octanol–water partition coefficient (Wildman–Crippen LogP) is 3.24. The summed E-state index contributed by atoms with van der Waals surface area (Å²) >= 11 is 1.23. The summed E-state index contributed by atoms with van der Waals surface area (Å²) in [4.78, 5) is 11.0. The number of hydrogen-bond donors (Lipinski definition) is 1. The van der Waals surface area contributed by atoms with Gasteiger partial charge < -0.3 is 10.1 Å². The number of nitrogens with one attached hydrogen (secondary N) is 1. The number of halogens is 3. The molecule has 1 N–H and O–H groups in total. The maximum absolute atomic E-state index is 14.1. The van der Waals surface area contributed by atoms with Crippen molar-refractivity contribution in [2.24, 2.45) is 10.2 Å². The molecule has 1 amide bonds. The summed E-state index contributed by atoms with van der Waals surface area (Å²) in [6.07, 6.45) is 1.33. The average Bonchev–Trinajstić information content (AvgIpc) is 2.98. The molecule has 0 radical (unpaired) electrons. The van der Waals surface area contributed by atoms with Gasteiger partial charge >= 0.3 is 0 Å². The fourth-order valence-corrected chi connectivity index (χ4v) is 2.73. The molecule has 1 heterocycles. The molecule has 3 rings (SSSR count). The van der Waals surface area contributed by atoms with E-state index in [2.05, 4.69) is 15.5 Å². The molecule has 0 saturated carbocycles. The van der Waals surface area contributed by atoms with Gasteiger partial charge in [-0.1, -0.05) is 11.8 Å². The van der Waals surface area contributed by atoms with Crippen molar-refractivity contribution in [3.63, 3.8) is 0 Å². The first kappa shape index (κ1) is 18.0. The second kappa shape index (κ2) is 8.05. The smallest absolute Gasteiger partial charge is 0.236 e. The normalized spacial score (nSPS) is 15.7. The molecular formula is C17H12F3N3O2S. The summed E-state index contributed by atoms with van der Waals surface area (Å²) in [5.41, 5.74) is 0.685. The van der Waals surface area contributed by atoms with Crippen molar-refractivity contribution in [2.75, 3.05) is 5.75 Å². The number of hydrogen-bond acceptors (Lipinski definition) is 5. The summed E-state index contributed by atoms with van der Waals surface area (Å²) in [6.45, 7) is -0.177. The van der Waals surface area contributed by atoms with E-state index in [0.717, 1.165) is 18.2 Å². The quantitative estimate of drug-likeness (QED) is 0.641. The Bertz CT molecular complexity index is 883. The topological polar surface area (TPSA) is 63.0 Å². The zero-order valence-corrected chi connectivity index (χ0v) is 14.0. The first-order valence-electron chi connectivity index (χ1n) is 7.40. The van der Waals surface area contributed by atoms with Gasteiger partial charge in [-0.2, -0.15) is 5.10 Å². The Morgan fingerprint density at radius 1 is 1.15 bits per heavy atom. The van der Waals surface area contributed by atoms with Gasteiger partial charge in [0.15, 0.2) is 16.7 Å². The maximum atomic E-state index is 14.1. The maximum Gasteiger partial charge on any atom is 0.236 e. The van der Waals surface area contributed by atoms with Gasteiger partial charge in [-0.05, 0) is 41.5 Å². The SMILES string of the molecule is O=C1CSC(=NN=Cc2ccc(OCc3cc(F)cc(F)c3)c(F)c2)N1. The Morgan fingerprint density at radius 2 is 1.92 bits per heavy atom. The summed E-state index contributed by atoms with van der Waals surface area (Å²) < 4.78 is 45.6. The molecule has 2 aromatic rings. The highest BCUT2D eigenvalue weighted by molar-refractivity contribution is 8.15. The van der Waals surface area contributed by atoms with Gasteiger partial charge in [0.2, 0.25) is 5.91 Å². The highest BCUT2D eigenvalue weighted by atomic mass is 32.2. The minimum absolute atomic E-state index is 0.0586. The Morgan fingerprint density at radius 3 is 2.58 bits per heavy atom. The zero-order chi connectivity index (χ0) is 18.5. The summed E-state index contributed by atoms with van der Waals surface area (Å²) in [7, 11) is 0. The fraction of sp³-hybridized carbons (Fsp3) is 0.118. The lowest BCUT2D eigenvalue weighted by Gasteiger charge is -2.08. The van der Waals surface area contributed by atoms with E-state index in [1.165, 1.54) is 30.1 Å². The largest absolute Gasteiger partial charge is 0.486 e. The molecule has 0 spiro atoms. The van der Waals surface area contributed by atoms with E-state index >= 15 is 0 Å². The number of amidine groups is 1. The molecule has 134 valence electrons. The van der Waals surface area contributed by atoms with Gasteiger partial charge in [0.25, 0.3) is 0 Å². The van der Waals surface area contributed by atoms with Crippen LogP contribution in [-0.4, -0.2) is 23.0 Å². The van der Waals surface area contributed by atoms with Crippen LogP contribution in [0.25, 0.3) is 0 Å². The van der Waals surface area contributed by atoms with Crippen molar-refractivity contribution in [1.82, 2.24) is 5.32 Å². The molecular weight excluding hydrogens is 367 g/mol. The molecule has 0 aliphatic carbocycles. The number of benzene rings is 2. The van der Waals surface area contributed by atoms with E-state index < -0.39 is 17.5 Å². The third kappa shape index (κ3) is 4.85. The second-order valence-electron chi connectivity index (χ2n) is 5.24. The summed E-state index contributed by atoms with van der Waals surface area (Å²) in [5.74, 6) is -2.01. The molecule has 1 saturated heterocycles. The number of rotatable bonds is 5. The monoisotopic (exact) mass is 379 g/mol. The van der Waals surface area contributed by atoms with Crippen molar-refractivity contribution < 1.29 is 22.7 Å². The molecule has 9 heteroatoms. The average molecular weight is 379 g/mol. The second-order valence-corrected chi connectivity index (χ2v) is 6.21. The van der Waals surface area contributed by atoms with Crippen LogP contribution in [-0.2, 0) is 11.4 Å². The van der Waals surface area contributed by atoms with Crippen LogP contribution >= 0.6 is 11.8 Å². The van der Waals surface area contributed by atoms with Crippen LogP contribution in [0.2, 0.25) is 0 Å². The Labute approximate surface area is 151 Å². The molecule has 26 heavy (non-hydrogen) atoms. The Hall–Kier alpha value is -2.81. The number of ether oxygens (including phenoxy) is 1.